The lowest BCUT2D eigenvalue weighted by atomic mass is 9.51. The minimum atomic E-state index is -0.282. The maximum absolute atomic E-state index is 6.55. The number of para-hydroxylation sites is 2. The van der Waals surface area contributed by atoms with Gasteiger partial charge in [0.25, 0.3) is 0 Å². The Morgan fingerprint density at radius 3 is 2.37 bits per heavy atom. The van der Waals surface area contributed by atoms with Gasteiger partial charge in [-0.2, -0.15) is 9.97 Å². The molecular weight excluding hydrogens is 661 g/mol. The highest BCUT2D eigenvalue weighted by Gasteiger charge is 2.54. The molecular formula is C49H34N4O. The van der Waals surface area contributed by atoms with Gasteiger partial charge >= 0.3 is 0 Å². The van der Waals surface area contributed by atoms with Crippen LogP contribution in [-0.4, -0.2) is 15.0 Å². The second-order valence-electron chi connectivity index (χ2n) is 15.0. The number of hydrogen-bond donors (Lipinski definition) is 0. The van der Waals surface area contributed by atoms with E-state index in [0.29, 0.717) is 23.5 Å². The van der Waals surface area contributed by atoms with Gasteiger partial charge in [0.2, 0.25) is 5.95 Å². The molecule has 2 atom stereocenters. The summed E-state index contributed by atoms with van der Waals surface area (Å²) in [6.07, 6.45) is 11.3. The smallest absolute Gasteiger partial charge is 0.238 e. The number of aromatic nitrogens is 3. The number of anilines is 3. The van der Waals surface area contributed by atoms with E-state index in [0.717, 1.165) is 70.1 Å². The van der Waals surface area contributed by atoms with Crippen LogP contribution in [0.25, 0.3) is 50.3 Å². The summed E-state index contributed by atoms with van der Waals surface area (Å²) in [6.45, 7) is 0. The Kier molecular flexibility index (Phi) is 6.21. The van der Waals surface area contributed by atoms with Gasteiger partial charge in [0.15, 0.2) is 11.6 Å². The van der Waals surface area contributed by atoms with Crippen LogP contribution in [0, 0.1) is 0 Å². The minimum absolute atomic E-state index is 0.282. The van der Waals surface area contributed by atoms with Crippen molar-refractivity contribution in [2.75, 3.05) is 4.90 Å². The molecule has 2 aromatic heterocycles. The lowest BCUT2D eigenvalue weighted by molar-refractivity contribution is 0.425. The SMILES string of the molecule is C1=CC(c2ccc3c(c2)C24CCC(c5ccccc52)c2cccc(c24)N3c2nc(-c3ccccc3)nc(-c3cccc4c3oc3ccccc34)n2)=CCC1. The predicted octanol–water partition coefficient (Wildman–Crippen LogP) is 12.2. The molecule has 0 saturated heterocycles. The Morgan fingerprint density at radius 1 is 0.630 bits per heavy atom. The topological polar surface area (TPSA) is 55.1 Å². The molecule has 0 N–H and O–H groups in total. The van der Waals surface area contributed by atoms with Gasteiger partial charge in [0, 0.05) is 27.7 Å². The first-order valence-corrected chi connectivity index (χ1v) is 19.0. The maximum atomic E-state index is 6.55. The maximum Gasteiger partial charge on any atom is 0.238 e. The van der Waals surface area contributed by atoms with E-state index in [1.165, 1.54) is 39.0 Å². The van der Waals surface area contributed by atoms with E-state index in [1.807, 2.05) is 30.3 Å². The Balaban J connectivity index is 1.15. The molecule has 4 aliphatic carbocycles. The largest absolute Gasteiger partial charge is 0.455 e. The van der Waals surface area contributed by atoms with E-state index in [-0.39, 0.29) is 5.41 Å². The van der Waals surface area contributed by atoms with Gasteiger partial charge < -0.3 is 4.42 Å². The zero-order chi connectivity index (χ0) is 35.4. The van der Waals surface area contributed by atoms with Crippen LogP contribution >= 0.6 is 0 Å². The van der Waals surface area contributed by atoms with E-state index in [9.17, 15) is 0 Å². The van der Waals surface area contributed by atoms with E-state index < -0.39 is 0 Å². The van der Waals surface area contributed by atoms with Gasteiger partial charge in [-0.25, -0.2) is 4.98 Å². The quantitative estimate of drug-likeness (QED) is 0.184. The number of furan rings is 1. The molecule has 1 aliphatic heterocycles. The second kappa shape index (κ2) is 11.2. The van der Waals surface area contributed by atoms with E-state index >= 15 is 0 Å². The van der Waals surface area contributed by atoms with Crippen LogP contribution in [-0.2, 0) is 5.41 Å². The third kappa shape index (κ3) is 4.07. The van der Waals surface area contributed by atoms with Crippen molar-refractivity contribution in [2.24, 2.45) is 0 Å². The molecule has 6 aromatic carbocycles. The second-order valence-corrected chi connectivity index (χ2v) is 15.0. The van der Waals surface area contributed by atoms with Crippen LogP contribution in [0.4, 0.5) is 17.3 Å². The Labute approximate surface area is 313 Å². The molecule has 0 amide bonds. The average Bonchev–Trinajstić information content (AvgIpc) is 3.64. The van der Waals surface area contributed by atoms with Crippen molar-refractivity contribution in [3.63, 3.8) is 0 Å². The molecule has 5 aliphatic rings. The fraction of sp³-hybridized carbons (Fsp3) is 0.122. The van der Waals surface area contributed by atoms with Crippen LogP contribution in [0.1, 0.15) is 65.0 Å². The zero-order valence-corrected chi connectivity index (χ0v) is 29.5. The summed E-state index contributed by atoms with van der Waals surface area (Å²) in [5, 5.41) is 2.12. The number of fused-ring (bicyclic) bond motifs is 5. The molecule has 1 spiro atoms. The van der Waals surface area contributed by atoms with Gasteiger partial charge in [0.1, 0.15) is 11.2 Å². The predicted molar refractivity (Wildman–Crippen MR) is 216 cm³/mol. The van der Waals surface area contributed by atoms with E-state index in [2.05, 4.69) is 126 Å². The van der Waals surface area contributed by atoms with Gasteiger partial charge in [0.05, 0.1) is 16.9 Å². The molecule has 0 radical (unpaired) electrons. The Hall–Kier alpha value is -6.59. The molecule has 13 rings (SSSR count). The highest BCUT2D eigenvalue weighted by atomic mass is 16.3. The molecule has 5 heteroatoms. The van der Waals surface area contributed by atoms with Crippen LogP contribution in [0.2, 0.25) is 0 Å². The molecule has 0 saturated carbocycles. The number of hydrogen-bond acceptors (Lipinski definition) is 5. The van der Waals surface area contributed by atoms with Gasteiger partial charge in [-0.3, -0.25) is 4.90 Å². The van der Waals surface area contributed by atoms with Crippen molar-refractivity contribution in [1.29, 1.82) is 0 Å². The molecule has 2 unspecified atom stereocenters. The van der Waals surface area contributed by atoms with Crippen molar-refractivity contribution in [1.82, 2.24) is 15.0 Å². The molecule has 3 heterocycles. The first-order chi connectivity index (χ1) is 26.8. The first kappa shape index (κ1) is 29.9. The summed E-state index contributed by atoms with van der Waals surface area (Å²) in [5.41, 5.74) is 14.9. The highest BCUT2D eigenvalue weighted by Crippen LogP contribution is 2.66. The number of nitrogens with zero attached hydrogens (tertiary/aromatic N) is 4. The van der Waals surface area contributed by atoms with Crippen LogP contribution < -0.4 is 4.90 Å². The van der Waals surface area contributed by atoms with Crippen molar-refractivity contribution in [3.05, 3.63) is 185 Å². The number of rotatable bonds is 4. The van der Waals surface area contributed by atoms with E-state index in [1.54, 1.807) is 0 Å². The number of allylic oxidation sites excluding steroid dienone is 4. The number of benzene rings is 6. The normalized spacial score (nSPS) is 19.1. The standard InChI is InChI=1S/C49H34N4O/c1-3-13-30(14-4-1)32-25-26-41-40(29-32)49-28-27-33(34-17-7-9-22-39(34)49)36-19-12-23-42(44(36)49)53(41)48-51-46(31-15-5-2-6-16-31)50-47(52-48)38-21-11-20-37-35-18-8-10-24-43(35)54-45(37)38/h2-3,5-26,29,33H,1,4,27-28H2. The third-order valence-corrected chi connectivity index (χ3v) is 12.2. The Bertz CT molecular complexity index is 2920. The lowest BCUT2D eigenvalue weighted by Crippen LogP contribution is -2.45. The summed E-state index contributed by atoms with van der Waals surface area (Å²) in [7, 11) is 0. The minimum Gasteiger partial charge on any atom is -0.455 e. The van der Waals surface area contributed by atoms with Crippen molar-refractivity contribution >= 4 is 44.8 Å². The van der Waals surface area contributed by atoms with Crippen molar-refractivity contribution in [3.8, 4) is 22.8 Å². The molecule has 5 nitrogen and oxygen atoms in total. The van der Waals surface area contributed by atoms with Crippen LogP contribution in [0.15, 0.2) is 156 Å². The zero-order valence-electron chi connectivity index (χ0n) is 29.5. The van der Waals surface area contributed by atoms with Crippen molar-refractivity contribution < 1.29 is 4.42 Å². The van der Waals surface area contributed by atoms with E-state index in [4.69, 9.17) is 19.4 Å². The fourth-order valence-electron chi connectivity index (χ4n) is 9.99. The lowest BCUT2D eigenvalue weighted by Gasteiger charge is -2.54. The summed E-state index contributed by atoms with van der Waals surface area (Å²) in [4.78, 5) is 18.2. The highest BCUT2D eigenvalue weighted by molar-refractivity contribution is 6.09. The Morgan fingerprint density at radius 2 is 1.44 bits per heavy atom. The fourth-order valence-corrected chi connectivity index (χ4v) is 9.99. The third-order valence-electron chi connectivity index (χ3n) is 12.2. The molecule has 8 aromatic rings. The summed E-state index contributed by atoms with van der Waals surface area (Å²) < 4.78 is 6.55. The summed E-state index contributed by atoms with van der Waals surface area (Å²) in [5.74, 6) is 2.15. The van der Waals surface area contributed by atoms with Crippen LogP contribution in [0.3, 0.4) is 0 Å². The van der Waals surface area contributed by atoms with Gasteiger partial charge in [-0.1, -0.05) is 121 Å². The monoisotopic (exact) mass is 694 g/mol. The molecule has 54 heavy (non-hydrogen) atoms. The first-order valence-electron chi connectivity index (χ1n) is 19.0. The molecule has 256 valence electrons. The van der Waals surface area contributed by atoms with Crippen molar-refractivity contribution in [2.45, 2.75) is 37.0 Å². The summed E-state index contributed by atoms with van der Waals surface area (Å²) in [6, 6.07) is 47.8. The average molecular weight is 695 g/mol. The van der Waals surface area contributed by atoms with Gasteiger partial charge in [-0.15, -0.1) is 0 Å². The molecule has 2 bridgehead atoms. The van der Waals surface area contributed by atoms with Crippen LogP contribution in [0.5, 0.6) is 0 Å². The summed E-state index contributed by atoms with van der Waals surface area (Å²) >= 11 is 0. The molecule has 0 fully saturated rings. The van der Waals surface area contributed by atoms with Gasteiger partial charge in [-0.05, 0) is 95.0 Å².